The normalized spacial score (nSPS) is 13.4. The van der Waals surface area contributed by atoms with Gasteiger partial charge in [-0.05, 0) is 23.9 Å². The third-order valence-corrected chi connectivity index (χ3v) is 2.91. The summed E-state index contributed by atoms with van der Waals surface area (Å²) >= 11 is -0.375. The molecule has 1 aromatic rings. The number of rotatable bonds is 3. The average molecular weight is 306 g/mol. The Labute approximate surface area is 106 Å². The van der Waals surface area contributed by atoms with Crippen LogP contribution in [0.5, 0.6) is 0 Å². The number of hydrogen-bond donors (Lipinski definition) is 0. The van der Waals surface area contributed by atoms with Crippen LogP contribution in [0.4, 0.5) is 30.7 Å². The molecule has 0 heterocycles. The molecular formula is C10H5F7OS. The van der Waals surface area contributed by atoms with Gasteiger partial charge in [0.1, 0.15) is 0 Å². The first-order valence-corrected chi connectivity index (χ1v) is 5.41. The zero-order valence-corrected chi connectivity index (χ0v) is 9.67. The number of hydrogen-bond acceptors (Lipinski definition) is 2. The fraction of sp³-hybridized carbons (Fsp3) is 0.300. The first kappa shape index (κ1) is 15.8. The Balaban J connectivity index is 2.98. The van der Waals surface area contributed by atoms with Crippen LogP contribution in [0.3, 0.4) is 0 Å². The number of alkyl halides is 7. The van der Waals surface area contributed by atoms with Crippen molar-refractivity contribution in [3.8, 4) is 0 Å². The maximum Gasteiger partial charge on any atom is 0.460 e. The van der Waals surface area contributed by atoms with Crippen molar-refractivity contribution < 1.29 is 35.5 Å². The highest BCUT2D eigenvalue weighted by Crippen LogP contribution is 2.48. The molecule has 0 fully saturated rings. The Hall–Kier alpha value is -1.25. The van der Waals surface area contributed by atoms with E-state index in [4.69, 9.17) is 0 Å². The molecule has 0 aliphatic carbocycles. The predicted molar refractivity (Wildman–Crippen MR) is 53.3 cm³/mol. The van der Waals surface area contributed by atoms with Crippen LogP contribution in [0.1, 0.15) is 0 Å². The fourth-order valence-electron chi connectivity index (χ4n) is 0.966. The second kappa shape index (κ2) is 5.03. The van der Waals surface area contributed by atoms with Gasteiger partial charge in [0, 0.05) is 4.90 Å². The van der Waals surface area contributed by atoms with Crippen LogP contribution in [0.2, 0.25) is 0 Å². The van der Waals surface area contributed by atoms with Crippen LogP contribution >= 0.6 is 11.8 Å². The van der Waals surface area contributed by atoms with Crippen molar-refractivity contribution in [2.75, 3.05) is 0 Å². The first-order valence-electron chi connectivity index (χ1n) is 4.60. The smallest absolute Gasteiger partial charge is 0.280 e. The molecule has 1 rings (SSSR count). The first-order chi connectivity index (χ1) is 8.50. The SMILES string of the molecule is O=C(Sc1ccccc1)C(F)(F)C(F)(F)C(F)(F)F. The monoisotopic (exact) mass is 306 g/mol. The highest BCUT2D eigenvalue weighted by molar-refractivity contribution is 8.13. The molecule has 0 amide bonds. The van der Waals surface area contributed by atoms with Crippen molar-refractivity contribution in [2.24, 2.45) is 0 Å². The molecule has 0 spiro atoms. The third-order valence-electron chi connectivity index (χ3n) is 1.96. The number of carbonyl (C=O) groups excluding carboxylic acids is 1. The molecule has 9 heteroatoms. The molecule has 0 aliphatic rings. The molecule has 0 aromatic heterocycles. The van der Waals surface area contributed by atoms with Gasteiger partial charge in [0.25, 0.3) is 5.12 Å². The van der Waals surface area contributed by atoms with Gasteiger partial charge in [-0.3, -0.25) is 4.79 Å². The molecule has 0 aliphatic heterocycles. The number of halogens is 7. The van der Waals surface area contributed by atoms with Gasteiger partial charge in [0.05, 0.1) is 0 Å². The highest BCUT2D eigenvalue weighted by atomic mass is 32.2. The van der Waals surface area contributed by atoms with E-state index in [0.717, 1.165) is 12.1 Å². The van der Waals surface area contributed by atoms with Crippen molar-refractivity contribution in [3.63, 3.8) is 0 Å². The Kier molecular flexibility index (Phi) is 4.18. The molecule has 0 radical (unpaired) electrons. The van der Waals surface area contributed by atoms with E-state index < -0.39 is 23.1 Å². The minimum absolute atomic E-state index is 0.162. The van der Waals surface area contributed by atoms with Crippen LogP contribution in [0, 0.1) is 0 Å². The maximum atomic E-state index is 12.9. The van der Waals surface area contributed by atoms with Crippen molar-refractivity contribution in [2.45, 2.75) is 22.9 Å². The van der Waals surface area contributed by atoms with Gasteiger partial charge in [-0.25, -0.2) is 0 Å². The maximum absolute atomic E-state index is 12.9. The van der Waals surface area contributed by atoms with Crippen LogP contribution in [-0.4, -0.2) is 23.1 Å². The lowest BCUT2D eigenvalue weighted by atomic mass is 10.2. The summed E-state index contributed by atoms with van der Waals surface area (Å²) in [5, 5.41) is -2.57. The minimum Gasteiger partial charge on any atom is -0.280 e. The Bertz CT molecular complexity index is 455. The Morgan fingerprint density at radius 2 is 1.37 bits per heavy atom. The fourth-order valence-corrected chi connectivity index (χ4v) is 1.73. The molecule has 0 saturated carbocycles. The van der Waals surface area contributed by atoms with Crippen LogP contribution < -0.4 is 0 Å². The van der Waals surface area contributed by atoms with E-state index in [0.29, 0.717) is 0 Å². The summed E-state index contributed by atoms with van der Waals surface area (Å²) in [6, 6.07) is 6.34. The van der Waals surface area contributed by atoms with Crippen LogP contribution in [-0.2, 0) is 4.79 Å². The quantitative estimate of drug-likeness (QED) is 0.617. The lowest BCUT2D eigenvalue weighted by molar-refractivity contribution is -0.341. The summed E-state index contributed by atoms with van der Waals surface area (Å²) in [6.45, 7) is 0. The zero-order chi connectivity index (χ0) is 14.9. The molecule has 0 atom stereocenters. The summed E-state index contributed by atoms with van der Waals surface area (Å²) in [5.41, 5.74) is 0. The van der Waals surface area contributed by atoms with Gasteiger partial charge >= 0.3 is 18.0 Å². The Morgan fingerprint density at radius 3 is 1.79 bits per heavy atom. The van der Waals surface area contributed by atoms with Crippen LogP contribution in [0.15, 0.2) is 35.2 Å². The van der Waals surface area contributed by atoms with Crippen molar-refractivity contribution in [1.82, 2.24) is 0 Å². The second-order valence-corrected chi connectivity index (χ2v) is 4.40. The Morgan fingerprint density at radius 1 is 0.895 bits per heavy atom. The van der Waals surface area contributed by atoms with Gasteiger partial charge in [0.2, 0.25) is 0 Å². The summed E-state index contributed by atoms with van der Waals surface area (Å²) in [4.78, 5) is 10.8. The zero-order valence-electron chi connectivity index (χ0n) is 8.85. The topological polar surface area (TPSA) is 17.1 Å². The highest BCUT2D eigenvalue weighted by Gasteiger charge is 2.76. The molecule has 0 unspecified atom stereocenters. The molecule has 1 aromatic carbocycles. The molecule has 0 saturated heterocycles. The lowest BCUT2D eigenvalue weighted by Crippen LogP contribution is -2.55. The van der Waals surface area contributed by atoms with Crippen molar-refractivity contribution in [3.05, 3.63) is 30.3 Å². The van der Waals surface area contributed by atoms with E-state index in [9.17, 15) is 35.5 Å². The van der Waals surface area contributed by atoms with Gasteiger partial charge < -0.3 is 0 Å². The van der Waals surface area contributed by atoms with Gasteiger partial charge in [-0.15, -0.1) is 0 Å². The average Bonchev–Trinajstić information content (AvgIpc) is 2.28. The lowest BCUT2D eigenvalue weighted by Gasteiger charge is -2.26. The summed E-state index contributed by atoms with van der Waals surface area (Å²) in [5.74, 6) is -12.3. The molecule has 1 nitrogen and oxygen atoms in total. The van der Waals surface area contributed by atoms with E-state index in [1.54, 1.807) is 0 Å². The van der Waals surface area contributed by atoms with Gasteiger partial charge in [0.15, 0.2) is 0 Å². The van der Waals surface area contributed by atoms with E-state index >= 15 is 0 Å². The van der Waals surface area contributed by atoms with Gasteiger partial charge in [-0.1, -0.05) is 18.2 Å². The summed E-state index contributed by atoms with van der Waals surface area (Å²) in [6.07, 6.45) is -6.51. The molecular weight excluding hydrogens is 301 g/mol. The van der Waals surface area contributed by atoms with Crippen molar-refractivity contribution >= 4 is 16.9 Å². The van der Waals surface area contributed by atoms with E-state index in [-0.39, 0.29) is 16.7 Å². The minimum atomic E-state index is -6.51. The predicted octanol–water partition coefficient (Wildman–Crippen LogP) is 4.14. The standard InChI is InChI=1S/C10H5F7OS/c11-8(12,9(13,14)10(15,16)17)7(18)19-6-4-2-1-3-5-6/h1-5H. The molecule has 106 valence electrons. The van der Waals surface area contributed by atoms with Crippen LogP contribution in [0.25, 0.3) is 0 Å². The van der Waals surface area contributed by atoms with Gasteiger partial charge in [-0.2, -0.15) is 30.7 Å². The summed E-state index contributed by atoms with van der Waals surface area (Å²) in [7, 11) is 0. The molecule has 0 N–H and O–H groups in total. The second-order valence-electron chi connectivity index (χ2n) is 3.35. The van der Waals surface area contributed by atoms with E-state index in [2.05, 4.69) is 0 Å². The molecule has 0 bridgehead atoms. The number of thioether (sulfide) groups is 1. The van der Waals surface area contributed by atoms with E-state index in [1.165, 1.54) is 18.2 Å². The summed E-state index contributed by atoms with van der Waals surface area (Å²) < 4.78 is 86.5. The number of carbonyl (C=O) groups is 1. The van der Waals surface area contributed by atoms with E-state index in [1.807, 2.05) is 0 Å². The third kappa shape index (κ3) is 3.02. The molecule has 19 heavy (non-hydrogen) atoms. The number of benzene rings is 1. The van der Waals surface area contributed by atoms with Crippen molar-refractivity contribution in [1.29, 1.82) is 0 Å². The largest absolute Gasteiger partial charge is 0.460 e.